The molecule has 0 aromatic heterocycles. The molecule has 0 saturated carbocycles. The van der Waals surface area contributed by atoms with Crippen LogP contribution in [-0.2, 0) is 14.4 Å². The van der Waals surface area contributed by atoms with E-state index in [1.54, 1.807) is 16.7 Å². The van der Waals surface area contributed by atoms with Crippen molar-refractivity contribution in [3.05, 3.63) is 35.9 Å². The van der Waals surface area contributed by atoms with E-state index in [1.807, 2.05) is 30.3 Å². The van der Waals surface area contributed by atoms with Gasteiger partial charge in [-0.25, -0.2) is 0 Å². The van der Waals surface area contributed by atoms with Crippen LogP contribution in [0.5, 0.6) is 0 Å². The van der Waals surface area contributed by atoms with Crippen molar-refractivity contribution in [3.8, 4) is 0 Å². The zero-order valence-corrected chi connectivity index (χ0v) is 15.1. The maximum Gasteiger partial charge on any atom is 0.308 e. The number of carbonyl (C=O) groups excluding carboxylic acids is 2. The molecular weight excluding hydrogens is 332 g/mol. The Labute approximate surface area is 153 Å². The Kier molecular flexibility index (Phi) is 5.59. The van der Waals surface area contributed by atoms with Crippen LogP contribution < -0.4 is 0 Å². The number of benzene rings is 1. The number of hydrogen-bond donors (Lipinski definition) is 1. The molecule has 1 unspecified atom stereocenters. The summed E-state index contributed by atoms with van der Waals surface area (Å²) in [5, 5.41) is 9.63. The number of carbonyl (C=O) groups is 3. The fourth-order valence-corrected chi connectivity index (χ4v) is 4.17. The summed E-state index contributed by atoms with van der Waals surface area (Å²) in [6.45, 7) is 3.02. The molecule has 1 N–H and O–H groups in total. The first kappa shape index (κ1) is 18.4. The Morgan fingerprint density at radius 3 is 2.50 bits per heavy atom. The van der Waals surface area contributed by atoms with Gasteiger partial charge in [-0.1, -0.05) is 37.3 Å². The van der Waals surface area contributed by atoms with Crippen LogP contribution in [0.1, 0.15) is 44.1 Å². The molecule has 3 rings (SSSR count). The van der Waals surface area contributed by atoms with Gasteiger partial charge >= 0.3 is 5.97 Å². The van der Waals surface area contributed by atoms with Crippen molar-refractivity contribution in [1.29, 1.82) is 0 Å². The lowest BCUT2D eigenvalue weighted by atomic mass is 9.89. The minimum Gasteiger partial charge on any atom is -0.481 e. The smallest absolute Gasteiger partial charge is 0.308 e. The maximum absolute atomic E-state index is 13.1. The minimum atomic E-state index is -0.876. The van der Waals surface area contributed by atoms with Crippen molar-refractivity contribution in [2.75, 3.05) is 19.6 Å². The fraction of sp³-hybridized carbons (Fsp3) is 0.550. The van der Waals surface area contributed by atoms with E-state index in [1.165, 1.54) is 0 Å². The molecule has 2 fully saturated rings. The molecule has 6 nitrogen and oxygen atoms in total. The zero-order valence-electron chi connectivity index (χ0n) is 15.1. The van der Waals surface area contributed by atoms with Crippen molar-refractivity contribution >= 4 is 17.8 Å². The molecule has 1 aromatic carbocycles. The summed E-state index contributed by atoms with van der Waals surface area (Å²) < 4.78 is 0. The number of amides is 2. The zero-order chi connectivity index (χ0) is 18.7. The predicted molar refractivity (Wildman–Crippen MR) is 96.5 cm³/mol. The summed E-state index contributed by atoms with van der Waals surface area (Å²) in [6, 6.07) is 9.07. The van der Waals surface area contributed by atoms with Gasteiger partial charge in [0.05, 0.1) is 5.92 Å². The van der Waals surface area contributed by atoms with Gasteiger partial charge in [0.15, 0.2) is 0 Å². The minimum absolute atomic E-state index is 0.00311. The maximum atomic E-state index is 13.1. The summed E-state index contributed by atoms with van der Waals surface area (Å²) in [5.74, 6) is -1.80. The van der Waals surface area contributed by atoms with Gasteiger partial charge in [0.1, 0.15) is 6.04 Å². The summed E-state index contributed by atoms with van der Waals surface area (Å²) in [5.41, 5.74) is 0.945. The number of nitrogens with zero attached hydrogens (tertiary/aromatic N) is 2. The Morgan fingerprint density at radius 2 is 1.85 bits per heavy atom. The second-order valence-electron chi connectivity index (χ2n) is 7.16. The van der Waals surface area contributed by atoms with Crippen LogP contribution in [0.15, 0.2) is 30.3 Å². The molecule has 2 amide bonds. The molecule has 1 aromatic rings. The van der Waals surface area contributed by atoms with Crippen molar-refractivity contribution in [2.24, 2.45) is 5.92 Å². The summed E-state index contributed by atoms with van der Waals surface area (Å²) in [7, 11) is 0. The Balaban J connectivity index is 1.79. The van der Waals surface area contributed by atoms with Crippen LogP contribution >= 0.6 is 0 Å². The highest BCUT2D eigenvalue weighted by molar-refractivity contribution is 5.88. The van der Waals surface area contributed by atoms with E-state index < -0.39 is 17.9 Å². The number of hydrogen-bond acceptors (Lipinski definition) is 3. The molecule has 2 heterocycles. The third kappa shape index (κ3) is 3.59. The standard InChI is InChI=1S/C20H26N2O4/c1-2-18(23)22-11-7-6-10-17(22)19(24)21-12-15(16(13-21)20(25)26)14-8-4-3-5-9-14/h3-5,8-9,15-17H,2,6-7,10-13H2,1H3,(H,25,26)/t15-,16-,17?/m0/s1. The second kappa shape index (κ2) is 7.89. The number of carboxylic acid groups (broad SMARTS) is 1. The Morgan fingerprint density at radius 1 is 1.12 bits per heavy atom. The number of piperidine rings is 1. The van der Waals surface area contributed by atoms with Gasteiger partial charge in [0.25, 0.3) is 0 Å². The third-order valence-corrected chi connectivity index (χ3v) is 5.59. The van der Waals surface area contributed by atoms with Crippen LogP contribution in [0.25, 0.3) is 0 Å². The van der Waals surface area contributed by atoms with E-state index >= 15 is 0 Å². The van der Waals surface area contributed by atoms with Gasteiger partial charge in [0, 0.05) is 32.0 Å². The van der Waals surface area contributed by atoms with Crippen LogP contribution in [0.4, 0.5) is 0 Å². The quantitative estimate of drug-likeness (QED) is 0.894. The van der Waals surface area contributed by atoms with Gasteiger partial charge in [0.2, 0.25) is 11.8 Å². The average Bonchev–Trinajstić information content (AvgIpc) is 3.13. The molecule has 2 aliphatic rings. The van der Waals surface area contributed by atoms with Gasteiger partial charge in [-0.05, 0) is 24.8 Å². The average molecular weight is 358 g/mol. The SMILES string of the molecule is CCC(=O)N1CCCCC1C(=O)N1C[C@H](C(=O)O)[C@H](c2ccccc2)C1. The molecule has 0 spiro atoms. The highest BCUT2D eigenvalue weighted by atomic mass is 16.4. The monoisotopic (exact) mass is 358 g/mol. The molecule has 0 radical (unpaired) electrons. The predicted octanol–water partition coefficient (Wildman–Crippen LogP) is 2.10. The first-order chi connectivity index (χ1) is 12.5. The van der Waals surface area contributed by atoms with Gasteiger partial charge in [-0.3, -0.25) is 14.4 Å². The van der Waals surface area contributed by atoms with Crippen molar-refractivity contribution in [2.45, 2.75) is 44.6 Å². The third-order valence-electron chi connectivity index (χ3n) is 5.59. The first-order valence-corrected chi connectivity index (χ1v) is 9.39. The van der Waals surface area contributed by atoms with Crippen LogP contribution in [0, 0.1) is 5.92 Å². The van der Waals surface area contributed by atoms with Crippen LogP contribution in [-0.4, -0.2) is 58.4 Å². The molecule has 0 bridgehead atoms. The van der Waals surface area contributed by atoms with Crippen LogP contribution in [0.2, 0.25) is 0 Å². The van der Waals surface area contributed by atoms with E-state index in [9.17, 15) is 19.5 Å². The number of likely N-dealkylation sites (tertiary alicyclic amines) is 2. The second-order valence-corrected chi connectivity index (χ2v) is 7.16. The molecular formula is C20H26N2O4. The van der Waals surface area contributed by atoms with Crippen molar-refractivity contribution in [1.82, 2.24) is 9.80 Å². The molecule has 26 heavy (non-hydrogen) atoms. The largest absolute Gasteiger partial charge is 0.481 e. The number of rotatable bonds is 4. The van der Waals surface area contributed by atoms with E-state index in [4.69, 9.17) is 0 Å². The van der Waals surface area contributed by atoms with E-state index in [0.29, 0.717) is 25.9 Å². The van der Waals surface area contributed by atoms with Gasteiger partial charge in [-0.15, -0.1) is 0 Å². The molecule has 140 valence electrons. The Hall–Kier alpha value is -2.37. The number of carboxylic acids is 1. The summed E-state index contributed by atoms with van der Waals surface area (Å²) in [4.78, 5) is 40.4. The van der Waals surface area contributed by atoms with E-state index in [-0.39, 0.29) is 24.3 Å². The molecule has 3 atom stereocenters. The van der Waals surface area contributed by atoms with E-state index in [2.05, 4.69) is 0 Å². The lowest BCUT2D eigenvalue weighted by Gasteiger charge is -2.36. The lowest BCUT2D eigenvalue weighted by Crippen LogP contribution is -2.52. The van der Waals surface area contributed by atoms with Crippen LogP contribution in [0.3, 0.4) is 0 Å². The van der Waals surface area contributed by atoms with Crippen molar-refractivity contribution in [3.63, 3.8) is 0 Å². The highest BCUT2D eigenvalue weighted by Crippen LogP contribution is 2.34. The highest BCUT2D eigenvalue weighted by Gasteiger charge is 2.43. The van der Waals surface area contributed by atoms with E-state index in [0.717, 1.165) is 18.4 Å². The molecule has 2 aliphatic heterocycles. The summed E-state index contributed by atoms with van der Waals surface area (Å²) in [6.07, 6.45) is 2.88. The van der Waals surface area contributed by atoms with Gasteiger partial charge in [-0.2, -0.15) is 0 Å². The van der Waals surface area contributed by atoms with Gasteiger partial charge < -0.3 is 14.9 Å². The molecule has 6 heteroatoms. The Bertz CT molecular complexity index is 676. The fourth-order valence-electron chi connectivity index (χ4n) is 4.17. The topological polar surface area (TPSA) is 77.9 Å². The lowest BCUT2D eigenvalue weighted by molar-refractivity contribution is -0.147. The van der Waals surface area contributed by atoms with Crippen molar-refractivity contribution < 1.29 is 19.5 Å². The molecule has 2 saturated heterocycles. The molecule has 0 aliphatic carbocycles. The number of aliphatic carboxylic acids is 1. The normalized spacial score (nSPS) is 26.0. The summed E-state index contributed by atoms with van der Waals surface area (Å²) >= 11 is 0. The first-order valence-electron chi connectivity index (χ1n) is 9.39.